The Morgan fingerprint density at radius 1 is 0.565 bits per heavy atom. The molecule has 6 heteroatoms. The third-order valence-electron chi connectivity index (χ3n) is 8.91. The van der Waals surface area contributed by atoms with Crippen molar-refractivity contribution in [2.24, 2.45) is 0 Å². The molecular weight excluding hydrogens is 566 g/mol. The Morgan fingerprint density at radius 2 is 1.28 bits per heavy atom. The molecular formula is C40H35N5O. The Bertz CT molecular complexity index is 2480. The SMILES string of the molecule is CC(C)(C)c1ccnc(-n2c3ccccc3c3ccc(Oc4ccc5cnc6ncc7cc(C(C)(C)C)cnc7c6c5c4)cc32)c1. The predicted octanol–water partition coefficient (Wildman–Crippen LogP) is 10.2. The third-order valence-corrected chi connectivity index (χ3v) is 8.91. The van der Waals surface area contributed by atoms with Gasteiger partial charge in [-0.15, -0.1) is 0 Å². The molecule has 0 amide bonds. The summed E-state index contributed by atoms with van der Waals surface area (Å²) in [6.45, 7) is 13.3. The van der Waals surface area contributed by atoms with Gasteiger partial charge >= 0.3 is 0 Å². The maximum atomic E-state index is 6.59. The van der Waals surface area contributed by atoms with Crippen LogP contribution in [-0.4, -0.2) is 24.5 Å². The minimum atomic E-state index is -0.00752. The average Bonchev–Trinajstić information content (AvgIpc) is 3.37. The van der Waals surface area contributed by atoms with Crippen LogP contribution in [0, 0.1) is 0 Å². The van der Waals surface area contributed by atoms with E-state index in [1.807, 2.05) is 36.9 Å². The van der Waals surface area contributed by atoms with Crippen molar-refractivity contribution in [3.05, 3.63) is 115 Å². The number of para-hydroxylation sites is 1. The van der Waals surface area contributed by atoms with Crippen molar-refractivity contribution in [3.63, 3.8) is 0 Å². The maximum Gasteiger partial charge on any atom is 0.161 e. The van der Waals surface area contributed by atoms with E-state index in [1.165, 1.54) is 16.5 Å². The Kier molecular flexibility index (Phi) is 6.16. The first-order valence-electron chi connectivity index (χ1n) is 15.7. The van der Waals surface area contributed by atoms with E-state index in [2.05, 4.69) is 118 Å². The number of hydrogen-bond donors (Lipinski definition) is 0. The average molecular weight is 602 g/mol. The molecule has 0 aliphatic carbocycles. The van der Waals surface area contributed by atoms with Crippen molar-refractivity contribution < 1.29 is 4.74 Å². The maximum absolute atomic E-state index is 6.59. The molecule has 5 aromatic heterocycles. The van der Waals surface area contributed by atoms with Gasteiger partial charge < -0.3 is 4.74 Å². The lowest BCUT2D eigenvalue weighted by atomic mass is 9.87. The van der Waals surface area contributed by atoms with Gasteiger partial charge in [0.1, 0.15) is 17.3 Å². The van der Waals surface area contributed by atoms with Crippen molar-refractivity contribution in [2.75, 3.05) is 0 Å². The standard InChI is InChI=1S/C40H35N5O/c1-39(2,3)26-15-16-41-35(18-26)45-33-10-8-7-9-30(33)31-14-13-29(20-34(31)45)46-28-12-11-24-21-43-38-36(32(24)19-28)37-25(22-44-38)17-27(23-42-37)40(4,5)6/h7-23H,1-6H3. The van der Waals surface area contributed by atoms with Crippen LogP contribution in [0.1, 0.15) is 52.7 Å². The molecule has 0 N–H and O–H groups in total. The number of hydrogen-bond acceptors (Lipinski definition) is 5. The number of nitrogens with zero attached hydrogens (tertiary/aromatic N) is 5. The second-order valence-electron chi connectivity index (χ2n) is 14.2. The Balaban J connectivity index is 1.27. The highest BCUT2D eigenvalue weighted by atomic mass is 16.5. The van der Waals surface area contributed by atoms with Gasteiger partial charge in [-0.3, -0.25) is 9.55 Å². The van der Waals surface area contributed by atoms with Crippen LogP contribution in [0.2, 0.25) is 0 Å². The molecule has 0 saturated carbocycles. The first-order chi connectivity index (χ1) is 22.0. The summed E-state index contributed by atoms with van der Waals surface area (Å²) in [7, 11) is 0. The van der Waals surface area contributed by atoms with E-state index in [-0.39, 0.29) is 10.8 Å². The van der Waals surface area contributed by atoms with Gasteiger partial charge in [0.25, 0.3) is 0 Å². The molecule has 3 aromatic carbocycles. The van der Waals surface area contributed by atoms with Gasteiger partial charge in [0.05, 0.1) is 21.9 Å². The monoisotopic (exact) mass is 601 g/mol. The number of fused-ring (bicyclic) bond motifs is 8. The highest BCUT2D eigenvalue weighted by molar-refractivity contribution is 6.16. The van der Waals surface area contributed by atoms with Crippen LogP contribution >= 0.6 is 0 Å². The number of benzene rings is 3. The number of ether oxygens (including phenoxy) is 1. The summed E-state index contributed by atoms with van der Waals surface area (Å²) in [4.78, 5) is 19.1. The molecule has 46 heavy (non-hydrogen) atoms. The molecule has 0 aliphatic heterocycles. The van der Waals surface area contributed by atoms with Gasteiger partial charge in [-0.25, -0.2) is 15.0 Å². The number of aromatic nitrogens is 5. The van der Waals surface area contributed by atoms with Crippen LogP contribution in [0.4, 0.5) is 0 Å². The molecule has 0 bridgehead atoms. The van der Waals surface area contributed by atoms with Gasteiger partial charge in [0.2, 0.25) is 0 Å². The van der Waals surface area contributed by atoms with E-state index in [0.29, 0.717) is 5.65 Å². The summed E-state index contributed by atoms with van der Waals surface area (Å²) in [6.07, 6.45) is 7.62. The summed E-state index contributed by atoms with van der Waals surface area (Å²) in [6, 6.07) is 27.4. The lowest BCUT2D eigenvalue weighted by molar-refractivity contribution is 0.484. The van der Waals surface area contributed by atoms with E-state index < -0.39 is 0 Å². The molecule has 0 atom stereocenters. The Hall–Kier alpha value is -5.36. The van der Waals surface area contributed by atoms with E-state index in [9.17, 15) is 0 Å². The molecule has 226 valence electrons. The van der Waals surface area contributed by atoms with E-state index in [0.717, 1.165) is 60.8 Å². The fourth-order valence-corrected chi connectivity index (χ4v) is 6.31. The molecule has 0 aliphatic rings. The summed E-state index contributed by atoms with van der Waals surface area (Å²) < 4.78 is 8.83. The van der Waals surface area contributed by atoms with Crippen LogP contribution in [0.5, 0.6) is 11.5 Å². The normalized spacial score (nSPS) is 12.6. The minimum Gasteiger partial charge on any atom is -0.457 e. The lowest BCUT2D eigenvalue weighted by Crippen LogP contribution is -2.12. The van der Waals surface area contributed by atoms with Crippen LogP contribution < -0.4 is 4.74 Å². The molecule has 8 rings (SSSR count). The van der Waals surface area contributed by atoms with Gasteiger partial charge in [-0.05, 0) is 76.6 Å². The van der Waals surface area contributed by atoms with Crippen molar-refractivity contribution in [1.82, 2.24) is 24.5 Å². The zero-order valence-electron chi connectivity index (χ0n) is 27.0. The van der Waals surface area contributed by atoms with Crippen molar-refractivity contribution in [1.29, 1.82) is 0 Å². The van der Waals surface area contributed by atoms with E-state index >= 15 is 0 Å². The molecule has 0 unspecified atom stereocenters. The second-order valence-corrected chi connectivity index (χ2v) is 14.2. The lowest BCUT2D eigenvalue weighted by Gasteiger charge is -2.20. The topological polar surface area (TPSA) is 65.7 Å². The minimum absolute atomic E-state index is 0.00570. The predicted molar refractivity (Wildman–Crippen MR) is 188 cm³/mol. The first kappa shape index (κ1) is 28.1. The van der Waals surface area contributed by atoms with Gasteiger partial charge in [-0.2, -0.15) is 0 Å². The van der Waals surface area contributed by atoms with Crippen LogP contribution in [0.15, 0.2) is 104 Å². The summed E-state index contributed by atoms with van der Waals surface area (Å²) in [5, 5.41) is 6.29. The fourth-order valence-electron chi connectivity index (χ4n) is 6.31. The van der Waals surface area contributed by atoms with Crippen LogP contribution in [0.3, 0.4) is 0 Å². The summed E-state index contributed by atoms with van der Waals surface area (Å²) >= 11 is 0. The quantitative estimate of drug-likeness (QED) is 0.189. The van der Waals surface area contributed by atoms with Crippen molar-refractivity contribution in [3.8, 4) is 17.3 Å². The molecule has 8 aromatic rings. The highest BCUT2D eigenvalue weighted by Gasteiger charge is 2.19. The molecule has 0 spiro atoms. The van der Waals surface area contributed by atoms with Crippen LogP contribution in [0.25, 0.3) is 60.3 Å². The molecule has 5 heterocycles. The van der Waals surface area contributed by atoms with E-state index in [4.69, 9.17) is 19.7 Å². The number of rotatable bonds is 3. The second kappa shape index (κ2) is 10.1. The third kappa shape index (κ3) is 4.64. The summed E-state index contributed by atoms with van der Waals surface area (Å²) in [5.74, 6) is 2.37. The van der Waals surface area contributed by atoms with E-state index in [1.54, 1.807) is 0 Å². The van der Waals surface area contributed by atoms with Crippen molar-refractivity contribution in [2.45, 2.75) is 52.4 Å². The smallest absolute Gasteiger partial charge is 0.161 e. The molecule has 6 nitrogen and oxygen atoms in total. The highest BCUT2D eigenvalue weighted by Crippen LogP contribution is 2.37. The molecule has 0 radical (unpaired) electrons. The number of pyridine rings is 4. The largest absolute Gasteiger partial charge is 0.457 e. The first-order valence-corrected chi connectivity index (χ1v) is 15.7. The van der Waals surface area contributed by atoms with Crippen LogP contribution in [-0.2, 0) is 10.8 Å². The molecule has 0 fully saturated rings. The summed E-state index contributed by atoms with van der Waals surface area (Å²) in [5.41, 5.74) is 6.12. The zero-order chi connectivity index (χ0) is 31.8. The fraction of sp³-hybridized carbons (Fsp3) is 0.200. The zero-order valence-corrected chi connectivity index (χ0v) is 27.0. The Morgan fingerprint density at radius 3 is 2.09 bits per heavy atom. The molecule has 0 saturated heterocycles. The van der Waals surface area contributed by atoms with Gasteiger partial charge in [0, 0.05) is 57.8 Å². The van der Waals surface area contributed by atoms with Crippen molar-refractivity contribution >= 4 is 54.5 Å². The Labute approximate surface area is 267 Å². The van der Waals surface area contributed by atoms with Gasteiger partial charge in [-0.1, -0.05) is 59.7 Å². The van der Waals surface area contributed by atoms with Gasteiger partial charge in [0.15, 0.2) is 5.65 Å².